The van der Waals surface area contributed by atoms with Gasteiger partial charge in [0.15, 0.2) is 0 Å². The maximum atomic E-state index is 9.38. The molecule has 0 bridgehead atoms. The van der Waals surface area contributed by atoms with Crippen molar-refractivity contribution in [3.8, 4) is 0 Å². The van der Waals surface area contributed by atoms with E-state index in [0.717, 1.165) is 0 Å². The van der Waals surface area contributed by atoms with Crippen LogP contribution in [0.25, 0.3) is 0 Å². The number of rotatable bonds is 4. The predicted molar refractivity (Wildman–Crippen MR) is 40.0 cm³/mol. The summed E-state index contributed by atoms with van der Waals surface area (Å²) < 4.78 is 0. The van der Waals surface area contributed by atoms with E-state index in [1.165, 1.54) is 13.8 Å². The lowest BCUT2D eigenvalue weighted by molar-refractivity contribution is -0.132. The largest absolute Gasteiger partial charge is 0.396 e. The van der Waals surface area contributed by atoms with Gasteiger partial charge in [-0.3, -0.25) is 0 Å². The smallest absolute Gasteiger partial charge is 0.113 e. The minimum atomic E-state index is -1.54. The number of aliphatic hydroxyl groups excluding tert-OH is 3. The maximum absolute atomic E-state index is 9.38. The topological polar surface area (TPSA) is 80.9 Å². The Morgan fingerprint density at radius 1 is 1.36 bits per heavy atom. The van der Waals surface area contributed by atoms with Crippen molar-refractivity contribution in [1.29, 1.82) is 0 Å². The van der Waals surface area contributed by atoms with Crippen LogP contribution in [-0.2, 0) is 0 Å². The Balaban J connectivity index is 4.05. The minimum absolute atomic E-state index is 0.0674. The molecule has 68 valence electrons. The number of aliphatic hydroxyl groups is 4. The fourth-order valence-corrected chi connectivity index (χ4v) is 0.693. The molecule has 0 aromatic rings. The first-order valence-corrected chi connectivity index (χ1v) is 3.62. The van der Waals surface area contributed by atoms with Gasteiger partial charge in [-0.05, 0) is 20.3 Å². The van der Waals surface area contributed by atoms with E-state index in [1.807, 2.05) is 0 Å². The number of hydrogen-bond donors (Lipinski definition) is 4. The zero-order valence-electron chi connectivity index (χ0n) is 6.86. The number of hydrogen-bond acceptors (Lipinski definition) is 4. The van der Waals surface area contributed by atoms with Crippen LogP contribution >= 0.6 is 0 Å². The SMILES string of the molecule is CC(O)C(C)(O)C(O)CCO. The van der Waals surface area contributed by atoms with E-state index in [-0.39, 0.29) is 13.0 Å². The Morgan fingerprint density at radius 2 is 1.82 bits per heavy atom. The second-order valence-electron chi connectivity index (χ2n) is 2.93. The highest BCUT2D eigenvalue weighted by Crippen LogP contribution is 2.16. The quantitative estimate of drug-likeness (QED) is 0.423. The molecule has 0 rings (SSSR count). The molecule has 4 heteroatoms. The third-order valence-corrected chi connectivity index (χ3v) is 1.92. The van der Waals surface area contributed by atoms with Crippen molar-refractivity contribution in [2.24, 2.45) is 0 Å². The lowest BCUT2D eigenvalue weighted by atomic mass is 9.91. The summed E-state index contributed by atoms with van der Waals surface area (Å²) in [6.45, 7) is 2.52. The van der Waals surface area contributed by atoms with Crippen LogP contribution in [0.3, 0.4) is 0 Å². The van der Waals surface area contributed by atoms with Gasteiger partial charge in [-0.1, -0.05) is 0 Å². The standard InChI is InChI=1S/C7H16O4/c1-5(9)7(2,11)6(10)3-4-8/h5-6,8-11H,3-4H2,1-2H3. The molecule has 0 aliphatic carbocycles. The van der Waals surface area contributed by atoms with Gasteiger partial charge < -0.3 is 20.4 Å². The van der Waals surface area contributed by atoms with Crippen molar-refractivity contribution in [3.05, 3.63) is 0 Å². The predicted octanol–water partition coefficient (Wildman–Crippen LogP) is -1.14. The van der Waals surface area contributed by atoms with Crippen molar-refractivity contribution >= 4 is 0 Å². The average Bonchev–Trinajstić information content (AvgIpc) is 1.88. The Kier molecular flexibility index (Phi) is 3.96. The normalized spacial score (nSPS) is 22.4. The fraction of sp³-hybridized carbons (Fsp3) is 1.00. The van der Waals surface area contributed by atoms with E-state index in [1.54, 1.807) is 0 Å². The monoisotopic (exact) mass is 164 g/mol. The highest BCUT2D eigenvalue weighted by atomic mass is 16.4. The second-order valence-corrected chi connectivity index (χ2v) is 2.93. The summed E-state index contributed by atoms with van der Waals surface area (Å²) in [6.07, 6.45) is -2.03. The third kappa shape index (κ3) is 2.75. The average molecular weight is 164 g/mol. The molecule has 3 unspecified atom stereocenters. The van der Waals surface area contributed by atoms with Crippen LogP contribution in [0.15, 0.2) is 0 Å². The van der Waals surface area contributed by atoms with Crippen LogP contribution in [0, 0.1) is 0 Å². The molecule has 11 heavy (non-hydrogen) atoms. The van der Waals surface area contributed by atoms with Crippen LogP contribution in [0.5, 0.6) is 0 Å². The molecule has 3 atom stereocenters. The molecule has 0 fully saturated rings. The molecular formula is C7H16O4. The molecule has 4 N–H and O–H groups in total. The Bertz CT molecular complexity index is 111. The molecule has 0 spiro atoms. The molecular weight excluding hydrogens is 148 g/mol. The molecule has 0 heterocycles. The first kappa shape index (κ1) is 10.8. The van der Waals surface area contributed by atoms with Gasteiger partial charge in [-0.15, -0.1) is 0 Å². The fourth-order valence-electron chi connectivity index (χ4n) is 0.693. The molecule has 0 aliphatic rings. The highest BCUT2D eigenvalue weighted by Gasteiger charge is 2.34. The molecule has 0 aromatic carbocycles. The molecule has 0 radical (unpaired) electrons. The van der Waals surface area contributed by atoms with Crippen molar-refractivity contribution < 1.29 is 20.4 Å². The van der Waals surface area contributed by atoms with Gasteiger partial charge in [0, 0.05) is 6.61 Å². The Labute approximate surface area is 66.1 Å². The van der Waals surface area contributed by atoms with Crippen LogP contribution in [0.1, 0.15) is 20.3 Å². The van der Waals surface area contributed by atoms with E-state index in [2.05, 4.69) is 0 Å². The van der Waals surface area contributed by atoms with Gasteiger partial charge in [0.25, 0.3) is 0 Å². The summed E-state index contributed by atoms with van der Waals surface area (Å²) in [5.41, 5.74) is -1.54. The summed E-state index contributed by atoms with van der Waals surface area (Å²) in [4.78, 5) is 0. The van der Waals surface area contributed by atoms with Gasteiger partial charge in [0.05, 0.1) is 12.2 Å². The van der Waals surface area contributed by atoms with Crippen LogP contribution in [0.4, 0.5) is 0 Å². The lowest BCUT2D eigenvalue weighted by Crippen LogP contribution is -2.48. The van der Waals surface area contributed by atoms with Gasteiger partial charge in [-0.25, -0.2) is 0 Å². The Morgan fingerprint density at radius 3 is 2.09 bits per heavy atom. The maximum Gasteiger partial charge on any atom is 0.113 e. The van der Waals surface area contributed by atoms with Crippen LogP contribution < -0.4 is 0 Å². The molecule has 4 nitrogen and oxygen atoms in total. The van der Waals surface area contributed by atoms with Crippen molar-refractivity contribution in [2.45, 2.75) is 38.1 Å². The molecule has 0 saturated heterocycles. The van der Waals surface area contributed by atoms with E-state index < -0.39 is 17.8 Å². The lowest BCUT2D eigenvalue weighted by Gasteiger charge is -2.31. The first-order chi connectivity index (χ1) is 4.92. The highest BCUT2D eigenvalue weighted by molar-refractivity contribution is 4.86. The molecule has 0 aromatic heterocycles. The first-order valence-electron chi connectivity index (χ1n) is 3.62. The third-order valence-electron chi connectivity index (χ3n) is 1.92. The molecule has 0 aliphatic heterocycles. The summed E-state index contributed by atoms with van der Waals surface area (Å²) in [5, 5.41) is 36.0. The molecule has 0 saturated carbocycles. The van der Waals surface area contributed by atoms with E-state index in [4.69, 9.17) is 10.2 Å². The van der Waals surface area contributed by atoms with Gasteiger partial charge >= 0.3 is 0 Å². The van der Waals surface area contributed by atoms with E-state index in [9.17, 15) is 10.2 Å². The van der Waals surface area contributed by atoms with Crippen molar-refractivity contribution in [2.75, 3.05) is 6.61 Å². The van der Waals surface area contributed by atoms with Crippen LogP contribution in [-0.4, -0.2) is 44.8 Å². The van der Waals surface area contributed by atoms with Gasteiger partial charge in [-0.2, -0.15) is 0 Å². The van der Waals surface area contributed by atoms with E-state index >= 15 is 0 Å². The minimum Gasteiger partial charge on any atom is -0.396 e. The zero-order chi connectivity index (χ0) is 9.07. The zero-order valence-corrected chi connectivity index (χ0v) is 6.86. The summed E-state index contributed by atoms with van der Waals surface area (Å²) in [5.74, 6) is 0. The second kappa shape index (κ2) is 4.01. The van der Waals surface area contributed by atoms with Gasteiger partial charge in [0.2, 0.25) is 0 Å². The molecule has 0 amide bonds. The van der Waals surface area contributed by atoms with Crippen LogP contribution in [0.2, 0.25) is 0 Å². The van der Waals surface area contributed by atoms with Crippen molar-refractivity contribution in [3.63, 3.8) is 0 Å². The summed E-state index contributed by atoms with van der Waals surface area (Å²) in [7, 11) is 0. The van der Waals surface area contributed by atoms with Gasteiger partial charge in [0.1, 0.15) is 5.60 Å². The summed E-state index contributed by atoms with van der Waals surface area (Å²) in [6, 6.07) is 0. The van der Waals surface area contributed by atoms with E-state index in [0.29, 0.717) is 0 Å². The summed E-state index contributed by atoms with van der Waals surface area (Å²) >= 11 is 0. The Hall–Kier alpha value is -0.160. The van der Waals surface area contributed by atoms with Crippen molar-refractivity contribution in [1.82, 2.24) is 0 Å².